The Bertz CT molecular complexity index is 678. The molecule has 0 atom stereocenters. The summed E-state index contributed by atoms with van der Waals surface area (Å²) in [7, 11) is 0. The lowest BCUT2D eigenvalue weighted by Crippen LogP contribution is -2.11. The van der Waals surface area contributed by atoms with Gasteiger partial charge >= 0.3 is 0 Å². The van der Waals surface area contributed by atoms with Crippen LogP contribution in [-0.4, -0.2) is 10.7 Å². The van der Waals surface area contributed by atoms with Crippen LogP contribution in [0.25, 0.3) is 0 Å². The molecule has 0 spiro atoms. The third-order valence-electron chi connectivity index (χ3n) is 2.93. The van der Waals surface area contributed by atoms with Gasteiger partial charge in [-0.1, -0.05) is 50.0 Å². The van der Waals surface area contributed by atoms with Crippen molar-refractivity contribution in [3.63, 3.8) is 0 Å². The normalized spacial score (nSPS) is 12.0. The summed E-state index contributed by atoms with van der Waals surface area (Å²) in [5.41, 5.74) is 5.82. The summed E-state index contributed by atoms with van der Waals surface area (Å²) in [5.74, 6) is 0. The smallest absolute Gasteiger partial charge is 0.203 e. The summed E-state index contributed by atoms with van der Waals surface area (Å²) in [4.78, 5) is 4.53. The Kier molecular flexibility index (Phi) is 6.86. The monoisotopic (exact) mass is 421 g/mol. The highest BCUT2D eigenvalue weighted by Gasteiger charge is 2.17. The van der Waals surface area contributed by atoms with Crippen LogP contribution in [0.1, 0.15) is 39.0 Å². The van der Waals surface area contributed by atoms with E-state index in [0.29, 0.717) is 10.0 Å². The average Bonchev–Trinajstić information content (AvgIpc) is 2.88. The molecule has 1 aromatic heterocycles. The van der Waals surface area contributed by atoms with Crippen LogP contribution in [0.4, 0.5) is 5.13 Å². The average molecular weight is 423 g/mol. The second kappa shape index (κ2) is 7.77. The van der Waals surface area contributed by atoms with Gasteiger partial charge < -0.3 is 0 Å². The van der Waals surface area contributed by atoms with Crippen molar-refractivity contribution < 1.29 is 0 Å². The first-order valence-corrected chi connectivity index (χ1v) is 8.12. The zero-order valence-corrected chi connectivity index (χ0v) is 16.8. The lowest BCUT2D eigenvalue weighted by Gasteiger charge is -2.14. The molecule has 7 heteroatoms. The van der Waals surface area contributed by atoms with Crippen molar-refractivity contribution >= 4 is 62.4 Å². The summed E-state index contributed by atoms with van der Waals surface area (Å²) in [6, 6.07) is 5.45. The van der Waals surface area contributed by atoms with Crippen LogP contribution in [0.15, 0.2) is 28.7 Å². The van der Waals surface area contributed by atoms with Gasteiger partial charge in [-0.05, 0) is 24.6 Å². The van der Waals surface area contributed by atoms with E-state index in [1.165, 1.54) is 0 Å². The molecule has 1 aromatic carbocycles. The van der Waals surface area contributed by atoms with Crippen LogP contribution in [0.5, 0.6) is 0 Å². The lowest BCUT2D eigenvalue weighted by atomic mass is 9.93. The molecule has 0 saturated heterocycles. The molecule has 120 valence electrons. The number of nitrogens with zero attached hydrogens (tertiary/aromatic N) is 2. The third kappa shape index (κ3) is 4.95. The number of thiazole rings is 1. The Balaban J connectivity index is 0.00000242. The fourth-order valence-electron chi connectivity index (χ4n) is 1.59. The molecule has 1 heterocycles. The van der Waals surface area contributed by atoms with Crippen LogP contribution >= 0.6 is 51.5 Å². The van der Waals surface area contributed by atoms with Gasteiger partial charge in [0.25, 0.3) is 0 Å². The predicted octanol–water partition coefficient (Wildman–Crippen LogP) is 6.16. The third-order valence-corrected chi connectivity index (χ3v) is 4.42. The Morgan fingerprint density at radius 1 is 1.23 bits per heavy atom. The van der Waals surface area contributed by atoms with Gasteiger partial charge in [-0.3, -0.25) is 5.43 Å². The largest absolute Gasteiger partial charge is 0.252 e. The predicted molar refractivity (Wildman–Crippen MR) is 103 cm³/mol. The maximum absolute atomic E-state index is 6.01. The van der Waals surface area contributed by atoms with Crippen molar-refractivity contribution in [1.29, 1.82) is 0 Å². The van der Waals surface area contributed by atoms with E-state index in [2.05, 4.69) is 36.3 Å². The van der Waals surface area contributed by atoms with E-state index >= 15 is 0 Å². The zero-order chi connectivity index (χ0) is 15.6. The Morgan fingerprint density at radius 2 is 1.91 bits per heavy atom. The van der Waals surface area contributed by atoms with Gasteiger partial charge in [0.15, 0.2) is 0 Å². The minimum Gasteiger partial charge on any atom is -0.252 e. The minimum absolute atomic E-state index is 0. The lowest BCUT2D eigenvalue weighted by molar-refractivity contribution is 0.573. The van der Waals surface area contributed by atoms with Crippen molar-refractivity contribution in [2.75, 3.05) is 5.43 Å². The second-order valence-electron chi connectivity index (χ2n) is 5.73. The van der Waals surface area contributed by atoms with Gasteiger partial charge in [0.1, 0.15) is 0 Å². The van der Waals surface area contributed by atoms with E-state index < -0.39 is 0 Å². The first-order chi connectivity index (χ1) is 9.77. The number of anilines is 1. The van der Waals surface area contributed by atoms with Gasteiger partial charge in [0.2, 0.25) is 5.13 Å². The number of hydrazone groups is 1. The van der Waals surface area contributed by atoms with Crippen molar-refractivity contribution in [2.24, 2.45) is 5.10 Å². The molecule has 2 aromatic rings. The van der Waals surface area contributed by atoms with E-state index in [0.717, 1.165) is 22.1 Å². The fourth-order valence-corrected chi connectivity index (χ4v) is 2.76. The van der Waals surface area contributed by atoms with Crippen LogP contribution in [0, 0.1) is 0 Å². The van der Waals surface area contributed by atoms with Crippen molar-refractivity contribution in [1.82, 2.24) is 4.98 Å². The summed E-state index contributed by atoms with van der Waals surface area (Å²) in [6.07, 6.45) is 0. The van der Waals surface area contributed by atoms with Gasteiger partial charge in [-0.15, -0.1) is 28.3 Å². The van der Waals surface area contributed by atoms with Crippen LogP contribution in [0.3, 0.4) is 0 Å². The first kappa shape index (κ1) is 19.4. The second-order valence-corrected chi connectivity index (χ2v) is 7.40. The Morgan fingerprint density at radius 3 is 2.45 bits per heavy atom. The SMILES string of the molecule is Br.CC(=NNc1nc(C(C)(C)C)cs1)c1ccc(Cl)c(Cl)c1. The quantitative estimate of drug-likeness (QED) is 0.474. The molecule has 1 N–H and O–H groups in total. The maximum Gasteiger partial charge on any atom is 0.203 e. The molecule has 0 aliphatic rings. The standard InChI is InChI=1S/C15H17Cl2N3S.BrH/c1-9(10-5-6-11(16)12(17)7-10)19-20-14-18-13(8-21-14)15(2,3)4;/h5-8H,1-4H3,(H,18,20);1H. The number of halogens is 3. The number of nitrogens with one attached hydrogen (secondary N) is 1. The Hall–Kier alpha value is -0.620. The molecule has 0 aliphatic heterocycles. The molecule has 3 nitrogen and oxygen atoms in total. The van der Waals surface area contributed by atoms with Gasteiger partial charge in [0, 0.05) is 10.8 Å². The van der Waals surface area contributed by atoms with E-state index in [4.69, 9.17) is 23.2 Å². The van der Waals surface area contributed by atoms with Gasteiger partial charge in [-0.2, -0.15) is 5.10 Å². The summed E-state index contributed by atoms with van der Waals surface area (Å²) >= 11 is 13.5. The highest BCUT2D eigenvalue weighted by molar-refractivity contribution is 8.93. The minimum atomic E-state index is 0. The fraction of sp³-hybridized carbons (Fsp3) is 0.333. The molecule has 0 unspecified atom stereocenters. The summed E-state index contributed by atoms with van der Waals surface area (Å²) < 4.78 is 0. The van der Waals surface area contributed by atoms with Crippen molar-refractivity contribution in [2.45, 2.75) is 33.1 Å². The van der Waals surface area contributed by atoms with Crippen molar-refractivity contribution in [3.05, 3.63) is 44.9 Å². The number of hydrogen-bond acceptors (Lipinski definition) is 4. The molecule has 0 amide bonds. The topological polar surface area (TPSA) is 37.3 Å². The van der Waals surface area contributed by atoms with Crippen LogP contribution in [0.2, 0.25) is 10.0 Å². The molecule has 22 heavy (non-hydrogen) atoms. The highest BCUT2D eigenvalue weighted by Crippen LogP contribution is 2.26. The molecule has 0 bridgehead atoms. The molecular weight excluding hydrogens is 405 g/mol. The van der Waals surface area contributed by atoms with E-state index in [1.54, 1.807) is 23.5 Å². The Labute approximate surface area is 155 Å². The van der Waals surface area contributed by atoms with Crippen molar-refractivity contribution in [3.8, 4) is 0 Å². The summed E-state index contributed by atoms with van der Waals surface area (Å²) in [5, 5.41) is 8.23. The molecule has 0 radical (unpaired) electrons. The van der Waals surface area contributed by atoms with E-state index in [1.807, 2.05) is 18.4 Å². The molecule has 0 saturated carbocycles. The molecular formula is C15H18BrCl2N3S. The zero-order valence-electron chi connectivity index (χ0n) is 12.8. The molecule has 0 fully saturated rings. The number of rotatable bonds is 3. The van der Waals surface area contributed by atoms with Crippen LogP contribution in [-0.2, 0) is 5.41 Å². The molecule has 0 aliphatic carbocycles. The highest BCUT2D eigenvalue weighted by atomic mass is 79.9. The number of hydrogen-bond donors (Lipinski definition) is 1. The van der Waals surface area contributed by atoms with E-state index in [-0.39, 0.29) is 22.4 Å². The molecule has 2 rings (SSSR count). The van der Waals surface area contributed by atoms with Crippen LogP contribution < -0.4 is 5.43 Å². The maximum atomic E-state index is 6.01. The first-order valence-electron chi connectivity index (χ1n) is 6.49. The summed E-state index contributed by atoms with van der Waals surface area (Å²) in [6.45, 7) is 8.31. The number of aromatic nitrogens is 1. The van der Waals surface area contributed by atoms with Gasteiger partial charge in [0.05, 0.1) is 21.5 Å². The van der Waals surface area contributed by atoms with Gasteiger partial charge in [-0.25, -0.2) is 4.98 Å². The number of benzene rings is 1. The van der Waals surface area contributed by atoms with E-state index in [9.17, 15) is 0 Å².